The van der Waals surface area contributed by atoms with Crippen LogP contribution in [0.2, 0.25) is 0 Å². The molecule has 0 atom stereocenters. The molecule has 6 heteroatoms. The number of aromatic nitrogens is 3. The Morgan fingerprint density at radius 2 is 2.13 bits per heavy atom. The zero-order chi connectivity index (χ0) is 16.4. The van der Waals surface area contributed by atoms with Gasteiger partial charge >= 0.3 is 0 Å². The lowest BCUT2D eigenvalue weighted by Gasteiger charge is -2.28. The molecule has 1 fully saturated rings. The number of likely N-dealkylation sites (N-methyl/N-ethyl adjacent to an activating group) is 1. The summed E-state index contributed by atoms with van der Waals surface area (Å²) >= 11 is 0. The predicted octanol–water partition coefficient (Wildman–Crippen LogP) is 1.95. The molecular weight excluding hydrogens is 292 g/mol. The number of carbonyl (C=O) groups excluding carboxylic acids is 1. The van der Waals surface area contributed by atoms with Crippen LogP contribution in [0.3, 0.4) is 0 Å². The molecule has 1 aromatic carbocycles. The van der Waals surface area contributed by atoms with Crippen LogP contribution in [0.25, 0.3) is 5.69 Å². The van der Waals surface area contributed by atoms with Crippen molar-refractivity contribution in [1.29, 1.82) is 0 Å². The molecule has 0 spiro atoms. The standard InChI is InChI=1S/C17H22N4O2/c1-13-9-14(5-6-15(13)21-12-18-11-19-21)16(22)20(2)10-17(23)7-3-4-8-17/h5-6,9,11-12,23H,3-4,7-8,10H2,1-2H3. The van der Waals surface area contributed by atoms with Crippen molar-refractivity contribution in [2.45, 2.75) is 38.2 Å². The van der Waals surface area contributed by atoms with Crippen molar-refractivity contribution >= 4 is 5.91 Å². The fraction of sp³-hybridized carbons (Fsp3) is 0.471. The molecule has 0 aliphatic heterocycles. The van der Waals surface area contributed by atoms with Crippen molar-refractivity contribution in [3.8, 4) is 5.69 Å². The lowest BCUT2D eigenvalue weighted by molar-refractivity contribution is 0.0157. The molecule has 3 rings (SSSR count). The summed E-state index contributed by atoms with van der Waals surface area (Å²) in [6.45, 7) is 2.33. The van der Waals surface area contributed by atoms with Gasteiger partial charge in [-0.2, -0.15) is 5.10 Å². The average Bonchev–Trinajstić information content (AvgIpc) is 3.18. The molecule has 0 saturated heterocycles. The molecule has 1 aromatic heterocycles. The zero-order valence-electron chi connectivity index (χ0n) is 13.6. The number of amides is 1. The van der Waals surface area contributed by atoms with Gasteiger partial charge in [-0.25, -0.2) is 9.67 Å². The van der Waals surface area contributed by atoms with Gasteiger partial charge in [0.05, 0.1) is 11.3 Å². The predicted molar refractivity (Wildman–Crippen MR) is 86.5 cm³/mol. The average molecular weight is 314 g/mol. The van der Waals surface area contributed by atoms with Gasteiger partial charge in [0.25, 0.3) is 5.91 Å². The van der Waals surface area contributed by atoms with Crippen LogP contribution in [-0.2, 0) is 0 Å². The number of rotatable bonds is 4. The van der Waals surface area contributed by atoms with Crippen LogP contribution in [0, 0.1) is 6.92 Å². The van der Waals surface area contributed by atoms with Gasteiger partial charge in [-0.1, -0.05) is 12.8 Å². The number of aliphatic hydroxyl groups is 1. The third-order valence-electron chi connectivity index (χ3n) is 4.52. The molecule has 1 saturated carbocycles. The van der Waals surface area contributed by atoms with Crippen LogP contribution in [0.4, 0.5) is 0 Å². The van der Waals surface area contributed by atoms with E-state index in [2.05, 4.69) is 10.1 Å². The van der Waals surface area contributed by atoms with E-state index in [1.807, 2.05) is 19.1 Å². The molecule has 1 aliphatic rings. The highest BCUT2D eigenvalue weighted by Crippen LogP contribution is 2.30. The van der Waals surface area contributed by atoms with Gasteiger partial charge in [0.1, 0.15) is 12.7 Å². The van der Waals surface area contributed by atoms with Crippen LogP contribution in [0.15, 0.2) is 30.9 Å². The summed E-state index contributed by atoms with van der Waals surface area (Å²) in [5, 5.41) is 14.6. The number of carbonyl (C=O) groups is 1. The number of benzene rings is 1. The minimum Gasteiger partial charge on any atom is -0.388 e. The van der Waals surface area contributed by atoms with Crippen molar-refractivity contribution < 1.29 is 9.90 Å². The molecule has 1 heterocycles. The fourth-order valence-corrected chi connectivity index (χ4v) is 3.30. The Balaban J connectivity index is 1.76. The lowest BCUT2D eigenvalue weighted by Crippen LogP contribution is -2.42. The maximum Gasteiger partial charge on any atom is 0.253 e. The SMILES string of the molecule is Cc1cc(C(=O)N(C)CC2(O)CCCC2)ccc1-n1cncn1. The van der Waals surface area contributed by atoms with Crippen molar-refractivity contribution in [1.82, 2.24) is 19.7 Å². The second kappa shape index (κ2) is 6.12. The number of nitrogens with zero attached hydrogens (tertiary/aromatic N) is 4. The van der Waals surface area contributed by atoms with Crippen molar-refractivity contribution in [3.05, 3.63) is 42.0 Å². The van der Waals surface area contributed by atoms with E-state index in [4.69, 9.17) is 0 Å². The minimum absolute atomic E-state index is 0.0708. The zero-order valence-corrected chi connectivity index (χ0v) is 13.6. The first kappa shape index (κ1) is 15.7. The van der Waals surface area contributed by atoms with Gasteiger partial charge in [0, 0.05) is 19.2 Å². The van der Waals surface area contributed by atoms with Gasteiger partial charge in [0.2, 0.25) is 0 Å². The Hall–Kier alpha value is -2.21. The third-order valence-corrected chi connectivity index (χ3v) is 4.52. The molecule has 0 unspecified atom stereocenters. The molecule has 6 nitrogen and oxygen atoms in total. The fourth-order valence-electron chi connectivity index (χ4n) is 3.30. The first-order valence-electron chi connectivity index (χ1n) is 7.92. The van der Waals surface area contributed by atoms with Crippen molar-refractivity contribution in [2.75, 3.05) is 13.6 Å². The second-order valence-corrected chi connectivity index (χ2v) is 6.43. The van der Waals surface area contributed by atoms with Crippen LogP contribution in [0.1, 0.15) is 41.6 Å². The largest absolute Gasteiger partial charge is 0.388 e. The Morgan fingerprint density at radius 1 is 1.39 bits per heavy atom. The first-order valence-corrected chi connectivity index (χ1v) is 7.92. The molecular formula is C17H22N4O2. The Bertz CT molecular complexity index is 691. The highest BCUT2D eigenvalue weighted by atomic mass is 16.3. The highest BCUT2D eigenvalue weighted by molar-refractivity contribution is 5.94. The van der Waals surface area contributed by atoms with Crippen LogP contribution in [-0.4, -0.2) is 49.9 Å². The molecule has 2 aromatic rings. The summed E-state index contributed by atoms with van der Waals surface area (Å²) in [6.07, 6.45) is 6.72. The molecule has 23 heavy (non-hydrogen) atoms. The van der Waals surface area contributed by atoms with E-state index in [0.29, 0.717) is 12.1 Å². The third kappa shape index (κ3) is 3.27. The number of aryl methyl sites for hydroxylation is 1. The van der Waals surface area contributed by atoms with E-state index < -0.39 is 5.60 Å². The quantitative estimate of drug-likeness (QED) is 0.936. The highest BCUT2D eigenvalue weighted by Gasteiger charge is 2.33. The van der Waals surface area contributed by atoms with E-state index in [1.54, 1.807) is 29.0 Å². The summed E-state index contributed by atoms with van der Waals surface area (Å²) in [5.41, 5.74) is 1.75. The number of hydrogen-bond donors (Lipinski definition) is 1. The van der Waals surface area contributed by atoms with E-state index in [1.165, 1.54) is 6.33 Å². The lowest BCUT2D eigenvalue weighted by atomic mass is 10.0. The van der Waals surface area contributed by atoms with Crippen molar-refractivity contribution in [2.24, 2.45) is 0 Å². The van der Waals surface area contributed by atoms with E-state index >= 15 is 0 Å². The second-order valence-electron chi connectivity index (χ2n) is 6.43. The summed E-state index contributed by atoms with van der Waals surface area (Å²) in [7, 11) is 1.75. The van der Waals surface area contributed by atoms with E-state index in [9.17, 15) is 9.90 Å². The smallest absolute Gasteiger partial charge is 0.253 e. The van der Waals surface area contributed by atoms with Crippen molar-refractivity contribution in [3.63, 3.8) is 0 Å². The topological polar surface area (TPSA) is 71.2 Å². The van der Waals surface area contributed by atoms with Gasteiger partial charge in [-0.05, 0) is 43.5 Å². The molecule has 1 aliphatic carbocycles. The van der Waals surface area contributed by atoms with Gasteiger partial charge in [-0.3, -0.25) is 4.79 Å². The van der Waals surface area contributed by atoms with Crippen LogP contribution in [0.5, 0.6) is 0 Å². The normalized spacial score (nSPS) is 16.5. The van der Waals surface area contributed by atoms with E-state index in [0.717, 1.165) is 36.9 Å². The molecule has 1 N–H and O–H groups in total. The summed E-state index contributed by atoms with van der Waals surface area (Å²) in [4.78, 5) is 18.2. The maximum absolute atomic E-state index is 12.6. The first-order chi connectivity index (χ1) is 11.0. The minimum atomic E-state index is -0.722. The summed E-state index contributed by atoms with van der Waals surface area (Å²) in [5.74, 6) is -0.0708. The molecule has 0 bridgehead atoms. The van der Waals surface area contributed by atoms with Gasteiger partial charge in [-0.15, -0.1) is 0 Å². The maximum atomic E-state index is 12.6. The van der Waals surface area contributed by atoms with Crippen LogP contribution >= 0.6 is 0 Å². The Kier molecular flexibility index (Phi) is 4.17. The van der Waals surface area contributed by atoms with Gasteiger partial charge in [0.15, 0.2) is 0 Å². The summed E-state index contributed by atoms with van der Waals surface area (Å²) in [6, 6.07) is 5.52. The van der Waals surface area contributed by atoms with E-state index in [-0.39, 0.29) is 5.91 Å². The van der Waals surface area contributed by atoms with Crippen LogP contribution < -0.4 is 0 Å². The Morgan fingerprint density at radius 3 is 2.74 bits per heavy atom. The molecule has 0 radical (unpaired) electrons. The number of hydrogen-bond acceptors (Lipinski definition) is 4. The Labute approximate surface area is 135 Å². The molecule has 1 amide bonds. The monoisotopic (exact) mass is 314 g/mol. The summed E-state index contributed by atoms with van der Waals surface area (Å²) < 4.78 is 1.68. The van der Waals surface area contributed by atoms with Gasteiger partial charge < -0.3 is 10.0 Å². The molecule has 122 valence electrons.